The second-order valence-electron chi connectivity index (χ2n) is 3.70. The van der Waals surface area contributed by atoms with E-state index in [2.05, 4.69) is 5.32 Å². The van der Waals surface area contributed by atoms with Gasteiger partial charge in [0, 0.05) is 10.0 Å². The number of carbonyl (C=O) groups excluding carboxylic acids is 1. The van der Waals surface area contributed by atoms with Crippen molar-refractivity contribution in [2.45, 2.75) is 25.5 Å². The lowest BCUT2D eigenvalue weighted by molar-refractivity contribution is -0.130. The van der Waals surface area contributed by atoms with E-state index < -0.39 is 18.1 Å². The third kappa shape index (κ3) is 3.88. The van der Waals surface area contributed by atoms with Gasteiger partial charge in [0.2, 0.25) is 0 Å². The monoisotopic (exact) mass is 286 g/mol. The van der Waals surface area contributed by atoms with Crippen molar-refractivity contribution in [3.8, 4) is 6.07 Å². The number of benzene rings is 1. The van der Waals surface area contributed by atoms with Crippen LogP contribution in [-0.2, 0) is 4.79 Å². The van der Waals surface area contributed by atoms with E-state index in [1.54, 1.807) is 6.92 Å². The van der Waals surface area contributed by atoms with Gasteiger partial charge in [-0.3, -0.25) is 4.79 Å². The van der Waals surface area contributed by atoms with Crippen molar-refractivity contribution in [1.29, 1.82) is 5.26 Å². The van der Waals surface area contributed by atoms with E-state index in [9.17, 15) is 9.90 Å². The lowest BCUT2D eigenvalue weighted by atomic mass is 10.1. The van der Waals surface area contributed by atoms with Crippen LogP contribution in [-0.4, -0.2) is 17.1 Å². The number of nitrogens with one attached hydrogen (secondary N) is 1. The molecule has 2 N–H and O–H groups in total. The quantitative estimate of drug-likeness (QED) is 0.893. The van der Waals surface area contributed by atoms with Gasteiger partial charge >= 0.3 is 0 Å². The Labute approximate surface area is 115 Å². The maximum atomic E-state index is 11.7. The number of hydrogen-bond acceptors (Lipinski definition) is 3. The first-order valence-corrected chi connectivity index (χ1v) is 6.07. The molecular weight excluding hydrogens is 275 g/mol. The summed E-state index contributed by atoms with van der Waals surface area (Å²) in [6.45, 7) is 1.76. The lowest BCUT2D eigenvalue weighted by Gasteiger charge is -2.14. The normalized spacial score (nSPS) is 13.5. The first-order valence-electron chi connectivity index (χ1n) is 5.32. The van der Waals surface area contributed by atoms with E-state index in [0.29, 0.717) is 16.5 Å². The van der Waals surface area contributed by atoms with Crippen LogP contribution >= 0.6 is 23.2 Å². The zero-order valence-corrected chi connectivity index (χ0v) is 11.2. The molecule has 18 heavy (non-hydrogen) atoms. The van der Waals surface area contributed by atoms with Crippen LogP contribution in [0, 0.1) is 11.3 Å². The van der Waals surface area contributed by atoms with Gasteiger partial charge in [-0.05, 0) is 30.2 Å². The van der Waals surface area contributed by atoms with Gasteiger partial charge in [-0.15, -0.1) is 0 Å². The second-order valence-corrected chi connectivity index (χ2v) is 4.58. The van der Waals surface area contributed by atoms with Crippen molar-refractivity contribution in [2.75, 3.05) is 0 Å². The van der Waals surface area contributed by atoms with Crippen molar-refractivity contribution >= 4 is 29.1 Å². The van der Waals surface area contributed by atoms with E-state index in [4.69, 9.17) is 28.5 Å². The Hall–Kier alpha value is -1.28. The van der Waals surface area contributed by atoms with Gasteiger partial charge in [0.1, 0.15) is 6.04 Å². The number of rotatable bonds is 4. The summed E-state index contributed by atoms with van der Waals surface area (Å²) in [6, 6.07) is 5.69. The van der Waals surface area contributed by atoms with Gasteiger partial charge in [-0.2, -0.15) is 5.26 Å². The van der Waals surface area contributed by atoms with Gasteiger partial charge in [-0.25, -0.2) is 0 Å². The third-order valence-corrected chi connectivity index (χ3v) is 2.77. The molecule has 0 saturated heterocycles. The third-order valence-electron chi connectivity index (χ3n) is 2.33. The summed E-state index contributed by atoms with van der Waals surface area (Å²) in [6.07, 6.45) is -0.936. The number of carbonyl (C=O) groups is 1. The molecule has 1 aromatic rings. The maximum Gasteiger partial charge on any atom is 0.254 e. The van der Waals surface area contributed by atoms with Crippen LogP contribution in [0.3, 0.4) is 0 Å². The van der Waals surface area contributed by atoms with Crippen molar-refractivity contribution in [3.63, 3.8) is 0 Å². The van der Waals surface area contributed by atoms with E-state index in [1.807, 2.05) is 6.07 Å². The highest BCUT2D eigenvalue weighted by Gasteiger charge is 2.20. The Kier molecular flexibility index (Phi) is 5.42. The molecule has 0 heterocycles. The zero-order chi connectivity index (χ0) is 13.7. The number of nitriles is 1. The number of amides is 1. The Morgan fingerprint density at radius 3 is 2.44 bits per heavy atom. The molecule has 0 radical (unpaired) electrons. The average molecular weight is 287 g/mol. The summed E-state index contributed by atoms with van der Waals surface area (Å²) in [7, 11) is 0. The molecule has 0 aliphatic heterocycles. The molecule has 1 rings (SSSR count). The van der Waals surface area contributed by atoms with Gasteiger partial charge in [0.25, 0.3) is 5.91 Å². The predicted molar refractivity (Wildman–Crippen MR) is 69.3 cm³/mol. The molecule has 1 amide bonds. The average Bonchev–Trinajstić information content (AvgIpc) is 2.33. The summed E-state index contributed by atoms with van der Waals surface area (Å²) < 4.78 is 0. The fourth-order valence-corrected chi connectivity index (χ4v) is 1.90. The van der Waals surface area contributed by atoms with Crippen LogP contribution in [0.5, 0.6) is 0 Å². The largest absolute Gasteiger partial charge is 0.378 e. The second kappa shape index (κ2) is 6.60. The van der Waals surface area contributed by atoms with Crippen molar-refractivity contribution in [2.24, 2.45) is 0 Å². The van der Waals surface area contributed by atoms with Crippen molar-refractivity contribution in [3.05, 3.63) is 33.8 Å². The standard InChI is InChI=1S/C12H12Cl2N2O2/c1-2-10(6-15)16-12(18)11(17)7-3-8(13)5-9(14)4-7/h3-5,10-11,17H,2H2,1H3,(H,16,18). The van der Waals surface area contributed by atoms with Crippen LogP contribution < -0.4 is 5.32 Å². The Morgan fingerprint density at radius 2 is 2.00 bits per heavy atom. The molecule has 0 aromatic heterocycles. The summed E-state index contributed by atoms with van der Waals surface area (Å²) in [5, 5.41) is 21.6. The topological polar surface area (TPSA) is 73.1 Å². The highest BCUT2D eigenvalue weighted by molar-refractivity contribution is 6.34. The molecule has 1 aromatic carbocycles. The van der Waals surface area contributed by atoms with Gasteiger partial charge in [0.05, 0.1) is 6.07 Å². The number of aliphatic hydroxyl groups excluding tert-OH is 1. The zero-order valence-electron chi connectivity index (χ0n) is 9.65. The minimum absolute atomic E-state index is 0.290. The Bertz CT molecular complexity index is 465. The van der Waals surface area contributed by atoms with Crippen LogP contribution in [0.1, 0.15) is 25.0 Å². The minimum Gasteiger partial charge on any atom is -0.378 e. The highest BCUT2D eigenvalue weighted by atomic mass is 35.5. The number of nitrogens with zero attached hydrogens (tertiary/aromatic N) is 1. The number of hydrogen-bond donors (Lipinski definition) is 2. The molecule has 0 bridgehead atoms. The first kappa shape index (κ1) is 14.8. The smallest absolute Gasteiger partial charge is 0.254 e. The molecule has 96 valence electrons. The van der Waals surface area contributed by atoms with E-state index >= 15 is 0 Å². The van der Waals surface area contributed by atoms with Gasteiger partial charge in [0.15, 0.2) is 6.10 Å². The fourth-order valence-electron chi connectivity index (χ4n) is 1.36. The lowest BCUT2D eigenvalue weighted by Crippen LogP contribution is -2.36. The molecule has 0 aliphatic rings. The number of aliphatic hydroxyl groups is 1. The summed E-state index contributed by atoms with van der Waals surface area (Å²) in [5.74, 6) is -0.651. The summed E-state index contributed by atoms with van der Waals surface area (Å²) in [4.78, 5) is 11.7. The van der Waals surface area contributed by atoms with Gasteiger partial charge in [-0.1, -0.05) is 30.1 Å². The van der Waals surface area contributed by atoms with E-state index in [1.165, 1.54) is 18.2 Å². The highest BCUT2D eigenvalue weighted by Crippen LogP contribution is 2.23. The van der Waals surface area contributed by atoms with Crippen LogP contribution in [0.25, 0.3) is 0 Å². The Morgan fingerprint density at radius 1 is 1.44 bits per heavy atom. The molecule has 4 nitrogen and oxygen atoms in total. The van der Waals surface area contributed by atoms with Crippen LogP contribution in [0.15, 0.2) is 18.2 Å². The molecule has 0 fully saturated rings. The fraction of sp³-hybridized carbons (Fsp3) is 0.333. The van der Waals surface area contributed by atoms with Gasteiger partial charge < -0.3 is 10.4 Å². The van der Waals surface area contributed by atoms with E-state index in [-0.39, 0.29) is 5.56 Å². The molecular formula is C12H12Cl2N2O2. The van der Waals surface area contributed by atoms with Crippen molar-refractivity contribution < 1.29 is 9.90 Å². The predicted octanol–water partition coefficient (Wildman–Crippen LogP) is 2.45. The SMILES string of the molecule is CCC(C#N)NC(=O)C(O)c1cc(Cl)cc(Cl)c1. The van der Waals surface area contributed by atoms with Crippen LogP contribution in [0.4, 0.5) is 0 Å². The van der Waals surface area contributed by atoms with Crippen LogP contribution in [0.2, 0.25) is 10.0 Å². The molecule has 6 heteroatoms. The first-order chi connectivity index (χ1) is 8.47. The molecule has 2 unspecified atom stereocenters. The summed E-state index contributed by atoms with van der Waals surface area (Å²) in [5.41, 5.74) is 0.290. The number of halogens is 2. The molecule has 0 saturated carbocycles. The summed E-state index contributed by atoms with van der Waals surface area (Å²) >= 11 is 11.6. The molecule has 2 atom stereocenters. The van der Waals surface area contributed by atoms with Crippen molar-refractivity contribution in [1.82, 2.24) is 5.32 Å². The molecule has 0 spiro atoms. The Balaban J connectivity index is 2.83. The maximum absolute atomic E-state index is 11.7. The minimum atomic E-state index is -1.40. The van der Waals surface area contributed by atoms with E-state index in [0.717, 1.165) is 0 Å². The molecule has 0 aliphatic carbocycles.